The van der Waals surface area contributed by atoms with E-state index in [1.54, 1.807) is 11.3 Å². The van der Waals surface area contributed by atoms with Crippen LogP contribution in [0, 0.1) is 18.6 Å². The van der Waals surface area contributed by atoms with Crippen LogP contribution < -0.4 is 5.32 Å². The van der Waals surface area contributed by atoms with Gasteiger partial charge in [0.2, 0.25) is 5.91 Å². The number of benzene rings is 1. The van der Waals surface area contributed by atoms with Gasteiger partial charge in [0.25, 0.3) is 0 Å². The van der Waals surface area contributed by atoms with E-state index in [0.29, 0.717) is 24.3 Å². The summed E-state index contributed by atoms with van der Waals surface area (Å²) < 4.78 is 2.41. The molecule has 0 unspecified atom stereocenters. The summed E-state index contributed by atoms with van der Waals surface area (Å²) in [6.45, 7) is 5.24. The SMILES string of the molecule is Cc1ccc(-c2n[nH]c(=S)n2CCC(=O)NCCCCc2nc(C)cs2)cc1. The molecule has 0 bridgehead atoms. The van der Waals surface area contributed by atoms with Crippen LogP contribution in [0.1, 0.15) is 35.5 Å². The second kappa shape index (κ2) is 9.75. The fourth-order valence-electron chi connectivity index (χ4n) is 2.90. The van der Waals surface area contributed by atoms with Crippen molar-refractivity contribution in [3.63, 3.8) is 0 Å². The molecule has 8 heteroatoms. The molecule has 2 N–H and O–H groups in total. The van der Waals surface area contributed by atoms with Crippen LogP contribution in [-0.4, -0.2) is 32.2 Å². The minimum Gasteiger partial charge on any atom is -0.356 e. The zero-order valence-corrected chi connectivity index (χ0v) is 17.8. The van der Waals surface area contributed by atoms with Gasteiger partial charge in [-0.15, -0.1) is 11.3 Å². The molecule has 6 nitrogen and oxygen atoms in total. The van der Waals surface area contributed by atoms with Crippen LogP contribution in [0.4, 0.5) is 0 Å². The zero-order valence-electron chi connectivity index (χ0n) is 16.2. The Kier molecular flexibility index (Phi) is 7.11. The molecular formula is C20H25N5OS2. The number of amides is 1. The van der Waals surface area contributed by atoms with E-state index >= 15 is 0 Å². The molecule has 0 saturated heterocycles. The van der Waals surface area contributed by atoms with Crippen LogP contribution in [0.15, 0.2) is 29.6 Å². The number of nitrogens with zero attached hydrogens (tertiary/aromatic N) is 3. The minimum atomic E-state index is 0.0306. The average Bonchev–Trinajstić information content (AvgIpc) is 3.26. The highest BCUT2D eigenvalue weighted by Gasteiger charge is 2.10. The molecular weight excluding hydrogens is 390 g/mol. The number of hydrogen-bond acceptors (Lipinski definition) is 5. The van der Waals surface area contributed by atoms with Crippen LogP contribution in [0.5, 0.6) is 0 Å². The van der Waals surface area contributed by atoms with Crippen molar-refractivity contribution in [3.8, 4) is 11.4 Å². The Morgan fingerprint density at radius 1 is 1.25 bits per heavy atom. The number of thiazole rings is 1. The number of carbonyl (C=O) groups is 1. The van der Waals surface area contributed by atoms with Crippen molar-refractivity contribution in [1.29, 1.82) is 0 Å². The van der Waals surface area contributed by atoms with E-state index in [4.69, 9.17) is 12.2 Å². The van der Waals surface area contributed by atoms with Crippen molar-refractivity contribution in [2.75, 3.05) is 6.54 Å². The van der Waals surface area contributed by atoms with E-state index in [0.717, 1.165) is 36.3 Å². The molecule has 0 spiro atoms. The van der Waals surface area contributed by atoms with Gasteiger partial charge in [-0.3, -0.25) is 14.5 Å². The highest BCUT2D eigenvalue weighted by molar-refractivity contribution is 7.71. The summed E-state index contributed by atoms with van der Waals surface area (Å²) >= 11 is 7.03. The number of aryl methyl sites for hydroxylation is 3. The first-order valence-corrected chi connectivity index (χ1v) is 10.7. The lowest BCUT2D eigenvalue weighted by Crippen LogP contribution is -2.25. The number of carbonyl (C=O) groups excluding carboxylic acids is 1. The van der Waals surface area contributed by atoms with Crippen LogP contribution in [0.3, 0.4) is 0 Å². The van der Waals surface area contributed by atoms with E-state index in [2.05, 4.69) is 25.9 Å². The Morgan fingerprint density at radius 3 is 2.75 bits per heavy atom. The molecule has 2 heterocycles. The number of aromatic nitrogens is 4. The molecule has 0 radical (unpaired) electrons. The van der Waals surface area contributed by atoms with Crippen LogP contribution in [-0.2, 0) is 17.8 Å². The van der Waals surface area contributed by atoms with Gasteiger partial charge in [-0.25, -0.2) is 4.98 Å². The van der Waals surface area contributed by atoms with Gasteiger partial charge in [0.05, 0.1) is 5.01 Å². The highest BCUT2D eigenvalue weighted by atomic mass is 32.1. The zero-order chi connectivity index (χ0) is 19.9. The molecule has 0 fully saturated rings. The predicted octanol–water partition coefficient (Wildman–Crippen LogP) is 4.21. The molecule has 2 aromatic heterocycles. The molecule has 1 aromatic carbocycles. The standard InChI is InChI=1S/C20H25N5OS2/c1-14-6-8-16(9-7-14)19-23-24-20(27)25(19)12-10-17(26)21-11-4-3-5-18-22-15(2)13-28-18/h6-9,13H,3-5,10-12H2,1-2H3,(H,21,26)(H,24,27). The predicted molar refractivity (Wildman–Crippen MR) is 115 cm³/mol. The molecule has 3 aromatic rings. The summed E-state index contributed by atoms with van der Waals surface area (Å²) in [5, 5.41) is 13.4. The number of hydrogen-bond donors (Lipinski definition) is 2. The number of aromatic amines is 1. The lowest BCUT2D eigenvalue weighted by molar-refractivity contribution is -0.121. The second-order valence-electron chi connectivity index (χ2n) is 6.81. The van der Waals surface area contributed by atoms with Crippen molar-refractivity contribution in [1.82, 2.24) is 25.1 Å². The number of unbranched alkanes of at least 4 members (excludes halogenated alkanes) is 1. The topological polar surface area (TPSA) is 75.6 Å². The van der Waals surface area contributed by atoms with Crippen LogP contribution >= 0.6 is 23.6 Å². The molecule has 3 rings (SSSR count). The van der Waals surface area contributed by atoms with Gasteiger partial charge in [-0.05, 0) is 45.3 Å². The second-order valence-corrected chi connectivity index (χ2v) is 8.14. The molecule has 148 valence electrons. The lowest BCUT2D eigenvalue weighted by Gasteiger charge is -2.08. The van der Waals surface area contributed by atoms with Gasteiger partial charge in [0.15, 0.2) is 10.6 Å². The van der Waals surface area contributed by atoms with Gasteiger partial charge in [0.1, 0.15) is 0 Å². The molecule has 0 aliphatic rings. The van der Waals surface area contributed by atoms with Crippen LogP contribution in [0.2, 0.25) is 0 Å². The fraction of sp³-hybridized carbons (Fsp3) is 0.400. The van der Waals surface area contributed by atoms with Crippen molar-refractivity contribution in [2.24, 2.45) is 0 Å². The van der Waals surface area contributed by atoms with Gasteiger partial charge in [-0.2, -0.15) is 5.10 Å². The summed E-state index contributed by atoms with van der Waals surface area (Å²) in [5.41, 5.74) is 3.25. The van der Waals surface area contributed by atoms with Gasteiger partial charge in [-0.1, -0.05) is 29.8 Å². The number of H-pyrrole nitrogens is 1. The monoisotopic (exact) mass is 415 g/mol. The smallest absolute Gasteiger partial charge is 0.221 e. The number of nitrogens with one attached hydrogen (secondary N) is 2. The van der Waals surface area contributed by atoms with E-state index < -0.39 is 0 Å². The fourth-order valence-corrected chi connectivity index (χ4v) is 3.94. The van der Waals surface area contributed by atoms with Crippen LogP contribution in [0.25, 0.3) is 11.4 Å². The van der Waals surface area contributed by atoms with Crippen molar-refractivity contribution >= 4 is 29.5 Å². The largest absolute Gasteiger partial charge is 0.356 e. The normalized spacial score (nSPS) is 10.9. The van der Waals surface area contributed by atoms with Gasteiger partial charge < -0.3 is 5.32 Å². The molecule has 1 amide bonds. The summed E-state index contributed by atoms with van der Waals surface area (Å²) in [4.78, 5) is 16.6. The maximum absolute atomic E-state index is 12.2. The minimum absolute atomic E-state index is 0.0306. The first-order valence-electron chi connectivity index (χ1n) is 9.43. The van der Waals surface area contributed by atoms with E-state index in [-0.39, 0.29) is 5.91 Å². The van der Waals surface area contributed by atoms with Crippen molar-refractivity contribution < 1.29 is 4.79 Å². The Labute approximate surface area is 174 Å². The third-order valence-electron chi connectivity index (χ3n) is 4.44. The third-order valence-corrected chi connectivity index (χ3v) is 5.77. The Bertz CT molecular complexity index is 971. The van der Waals surface area contributed by atoms with Gasteiger partial charge >= 0.3 is 0 Å². The molecule has 0 aliphatic carbocycles. The number of rotatable bonds is 9. The summed E-state index contributed by atoms with van der Waals surface area (Å²) in [5.74, 6) is 0.791. The molecule has 28 heavy (non-hydrogen) atoms. The maximum Gasteiger partial charge on any atom is 0.221 e. The summed E-state index contributed by atoms with van der Waals surface area (Å²) in [6.07, 6.45) is 3.32. The average molecular weight is 416 g/mol. The summed E-state index contributed by atoms with van der Waals surface area (Å²) in [7, 11) is 0. The lowest BCUT2D eigenvalue weighted by atomic mass is 10.1. The van der Waals surface area contributed by atoms with Crippen molar-refractivity contribution in [3.05, 3.63) is 50.7 Å². The summed E-state index contributed by atoms with van der Waals surface area (Å²) in [6, 6.07) is 8.11. The van der Waals surface area contributed by atoms with E-state index in [9.17, 15) is 4.79 Å². The third kappa shape index (κ3) is 5.59. The highest BCUT2D eigenvalue weighted by Crippen LogP contribution is 2.18. The first-order chi connectivity index (χ1) is 13.5. The Hall–Kier alpha value is -2.32. The molecule has 0 aliphatic heterocycles. The Morgan fingerprint density at radius 2 is 2.04 bits per heavy atom. The van der Waals surface area contributed by atoms with Gasteiger partial charge in [0, 0.05) is 36.1 Å². The molecule has 0 atom stereocenters. The molecule has 0 saturated carbocycles. The van der Waals surface area contributed by atoms with Crippen molar-refractivity contribution in [2.45, 2.75) is 46.1 Å². The first kappa shape index (κ1) is 20.4. The van der Waals surface area contributed by atoms with E-state index in [1.807, 2.05) is 42.7 Å². The Balaban J connectivity index is 1.44. The quantitative estimate of drug-likeness (QED) is 0.405. The van der Waals surface area contributed by atoms with E-state index in [1.165, 1.54) is 10.6 Å². The maximum atomic E-state index is 12.2.